The van der Waals surface area contributed by atoms with E-state index in [1.54, 1.807) is 5.57 Å². The summed E-state index contributed by atoms with van der Waals surface area (Å²) < 4.78 is 5.72. The summed E-state index contributed by atoms with van der Waals surface area (Å²) in [5.74, 6) is 1.42. The number of fused-ring (bicyclic) bond motifs is 7. The molecular formula is C35H54O7. The lowest BCUT2D eigenvalue weighted by molar-refractivity contribution is -0.230. The Bertz CT molecular complexity index is 1130. The number of carboxylic acid groups (broad SMARTS) is 1. The lowest BCUT2D eigenvalue weighted by Gasteiger charge is -2.66. The number of carbonyl (C=O) groups is 2. The monoisotopic (exact) mass is 586 g/mol. The van der Waals surface area contributed by atoms with Gasteiger partial charge >= 0.3 is 5.97 Å². The highest BCUT2D eigenvalue weighted by Gasteiger charge is 2.63. The van der Waals surface area contributed by atoms with Crippen molar-refractivity contribution in [3.63, 3.8) is 0 Å². The summed E-state index contributed by atoms with van der Waals surface area (Å²) in [6.07, 6.45) is 7.90. The number of aliphatic hydroxyl groups is 3. The van der Waals surface area contributed by atoms with Crippen LogP contribution in [-0.2, 0) is 14.3 Å². The molecule has 0 aromatic heterocycles. The van der Waals surface area contributed by atoms with Crippen molar-refractivity contribution >= 4 is 11.8 Å². The van der Waals surface area contributed by atoms with Crippen molar-refractivity contribution < 1.29 is 34.8 Å². The zero-order chi connectivity index (χ0) is 30.4. The summed E-state index contributed by atoms with van der Waals surface area (Å²) in [5, 5.41) is 40.9. The number of carbonyl (C=O) groups excluding carboxylic acids is 1. The fraction of sp³-hybridized carbons (Fsp3) is 0.886. The zero-order valence-corrected chi connectivity index (χ0v) is 26.3. The highest BCUT2D eigenvalue weighted by atomic mass is 16.6. The van der Waals surface area contributed by atoms with E-state index in [1.807, 2.05) is 0 Å². The van der Waals surface area contributed by atoms with E-state index in [1.165, 1.54) is 6.42 Å². The summed E-state index contributed by atoms with van der Waals surface area (Å²) in [7, 11) is 0. The van der Waals surface area contributed by atoms with Gasteiger partial charge in [-0.1, -0.05) is 46.3 Å². The molecule has 4 saturated carbocycles. The number of hydrogen-bond acceptors (Lipinski definition) is 6. The van der Waals surface area contributed by atoms with Crippen LogP contribution >= 0.6 is 0 Å². The Morgan fingerprint density at radius 3 is 2.38 bits per heavy atom. The minimum Gasteiger partial charge on any atom is -0.479 e. The van der Waals surface area contributed by atoms with Gasteiger partial charge in [-0.15, -0.1) is 0 Å². The molecule has 0 spiro atoms. The fourth-order valence-corrected chi connectivity index (χ4v) is 11.7. The molecule has 13 atom stereocenters. The van der Waals surface area contributed by atoms with Crippen molar-refractivity contribution in [2.24, 2.45) is 51.2 Å². The van der Waals surface area contributed by atoms with E-state index in [2.05, 4.69) is 40.7 Å². The molecule has 7 nitrogen and oxygen atoms in total. The van der Waals surface area contributed by atoms with E-state index in [4.69, 9.17) is 4.74 Å². The lowest BCUT2D eigenvalue weighted by Crippen LogP contribution is -2.60. The largest absolute Gasteiger partial charge is 0.479 e. The molecule has 0 bridgehead atoms. The van der Waals surface area contributed by atoms with Gasteiger partial charge in [-0.3, -0.25) is 4.79 Å². The molecule has 4 N–H and O–H groups in total. The van der Waals surface area contributed by atoms with E-state index >= 15 is 0 Å². The number of allylic oxidation sites excluding steroid dienone is 2. The number of Topliss-reactive ketones (excluding diaryl/α,β-unsaturated/α-hetero) is 1. The number of aliphatic carboxylic acids is 1. The Labute approximate surface area is 251 Å². The average molecular weight is 587 g/mol. The number of hydrogen-bond donors (Lipinski definition) is 4. The molecule has 0 aromatic rings. The second kappa shape index (κ2) is 10.4. The standard InChI is InChI=1S/C35H54O7/c1-19-21-8-12-34(5)22-9-14-35(15-11-25-27(37)28(38)29(39)30(42-25)31(40)41)17-16-32(2,3)18-23(35)20(22)6-7-26(34)33(21,4)13-10-24(19)36/h6,19,21-23,25-30,37-39H,7-18H2,1-5H3,(H,40,41). The second-order valence-electron chi connectivity index (χ2n) is 16.7. The van der Waals surface area contributed by atoms with Crippen LogP contribution in [0.5, 0.6) is 0 Å². The van der Waals surface area contributed by atoms with Crippen LogP contribution in [0.3, 0.4) is 0 Å². The summed E-state index contributed by atoms with van der Waals surface area (Å²) >= 11 is 0. The third-order valence-corrected chi connectivity index (χ3v) is 14.3. The maximum Gasteiger partial charge on any atom is 0.335 e. The van der Waals surface area contributed by atoms with Crippen LogP contribution < -0.4 is 0 Å². The van der Waals surface area contributed by atoms with Crippen LogP contribution in [0.25, 0.3) is 0 Å². The summed E-state index contributed by atoms with van der Waals surface area (Å²) in [4.78, 5) is 24.4. The number of rotatable bonds is 4. The molecule has 1 heterocycles. The Hall–Kier alpha value is -1.28. The maximum atomic E-state index is 12.7. The van der Waals surface area contributed by atoms with Gasteiger partial charge < -0.3 is 25.2 Å². The number of carboxylic acids is 1. The van der Waals surface area contributed by atoms with Gasteiger partial charge in [0.25, 0.3) is 0 Å². The minimum absolute atomic E-state index is 0.0662. The van der Waals surface area contributed by atoms with Crippen LogP contribution in [0.4, 0.5) is 0 Å². The highest BCUT2D eigenvalue weighted by Crippen LogP contribution is 2.71. The van der Waals surface area contributed by atoms with Gasteiger partial charge in [0, 0.05) is 12.3 Å². The molecular weight excluding hydrogens is 532 g/mol. The first-order chi connectivity index (χ1) is 19.6. The first-order valence-corrected chi connectivity index (χ1v) is 16.8. The molecule has 13 unspecified atom stereocenters. The van der Waals surface area contributed by atoms with E-state index in [-0.39, 0.29) is 27.6 Å². The van der Waals surface area contributed by atoms with Crippen LogP contribution in [-0.4, -0.2) is 62.7 Å². The van der Waals surface area contributed by atoms with Crippen molar-refractivity contribution in [2.75, 3.05) is 0 Å². The molecule has 6 aliphatic rings. The van der Waals surface area contributed by atoms with Crippen LogP contribution in [0.1, 0.15) is 112 Å². The van der Waals surface area contributed by atoms with Crippen molar-refractivity contribution in [1.29, 1.82) is 0 Å². The first-order valence-electron chi connectivity index (χ1n) is 16.8. The van der Waals surface area contributed by atoms with Gasteiger partial charge in [0.05, 0.1) is 6.10 Å². The Morgan fingerprint density at radius 2 is 1.67 bits per heavy atom. The molecule has 7 heteroatoms. The zero-order valence-electron chi connectivity index (χ0n) is 26.3. The molecule has 5 fully saturated rings. The summed E-state index contributed by atoms with van der Waals surface area (Å²) in [6, 6.07) is 0. The van der Waals surface area contributed by atoms with Crippen molar-refractivity contribution in [2.45, 2.75) is 142 Å². The molecule has 0 aromatic carbocycles. The quantitative estimate of drug-likeness (QED) is 0.330. The molecule has 42 heavy (non-hydrogen) atoms. The average Bonchev–Trinajstić information content (AvgIpc) is 2.93. The predicted molar refractivity (Wildman–Crippen MR) is 158 cm³/mol. The molecule has 0 amide bonds. The lowest BCUT2D eigenvalue weighted by atomic mass is 9.38. The van der Waals surface area contributed by atoms with Gasteiger partial charge in [-0.05, 0) is 116 Å². The Kier molecular flexibility index (Phi) is 7.60. The van der Waals surface area contributed by atoms with Crippen molar-refractivity contribution in [1.82, 2.24) is 0 Å². The summed E-state index contributed by atoms with van der Waals surface area (Å²) in [6.45, 7) is 12.0. The maximum absolute atomic E-state index is 12.7. The topological polar surface area (TPSA) is 124 Å². The van der Waals surface area contributed by atoms with Crippen molar-refractivity contribution in [3.8, 4) is 0 Å². The van der Waals surface area contributed by atoms with Gasteiger partial charge in [-0.2, -0.15) is 0 Å². The van der Waals surface area contributed by atoms with Gasteiger partial charge in [0.1, 0.15) is 24.1 Å². The number of aliphatic hydroxyl groups excluding tert-OH is 3. The molecule has 1 aliphatic heterocycles. The summed E-state index contributed by atoms with van der Waals surface area (Å²) in [5.41, 5.74) is 2.41. The normalized spacial score (nSPS) is 51.8. The van der Waals surface area contributed by atoms with E-state index in [0.29, 0.717) is 35.9 Å². The van der Waals surface area contributed by atoms with E-state index in [0.717, 1.165) is 64.2 Å². The Morgan fingerprint density at radius 1 is 0.929 bits per heavy atom. The van der Waals surface area contributed by atoms with Gasteiger partial charge in [0.15, 0.2) is 6.10 Å². The van der Waals surface area contributed by atoms with E-state index < -0.39 is 36.5 Å². The third kappa shape index (κ3) is 4.58. The highest BCUT2D eigenvalue weighted by molar-refractivity contribution is 5.82. The first kappa shape index (κ1) is 30.7. The smallest absolute Gasteiger partial charge is 0.335 e. The molecule has 236 valence electrons. The molecule has 6 rings (SSSR count). The molecule has 5 aliphatic carbocycles. The van der Waals surface area contributed by atoms with Crippen LogP contribution in [0.15, 0.2) is 11.6 Å². The molecule has 0 radical (unpaired) electrons. The fourth-order valence-electron chi connectivity index (χ4n) is 11.7. The van der Waals surface area contributed by atoms with E-state index in [9.17, 15) is 30.0 Å². The Balaban J connectivity index is 1.28. The van der Waals surface area contributed by atoms with Crippen molar-refractivity contribution in [3.05, 3.63) is 11.6 Å². The number of ketones is 1. The predicted octanol–water partition coefficient (Wildman–Crippen LogP) is 5.29. The minimum atomic E-state index is -1.64. The second-order valence-corrected chi connectivity index (χ2v) is 16.7. The van der Waals surface area contributed by atoms with Crippen LogP contribution in [0.2, 0.25) is 0 Å². The van der Waals surface area contributed by atoms with Gasteiger partial charge in [-0.25, -0.2) is 4.79 Å². The SMILES string of the molecule is CC1C(=O)CCC2(C)C1CCC1(C)C3CCC4(CCC5OC(C(=O)O)C(O)C(O)C5O)CCC(C)(C)CC4C3=CCC12. The third-order valence-electron chi connectivity index (χ3n) is 14.3. The molecule has 1 saturated heterocycles. The number of ether oxygens (including phenoxy) is 1. The van der Waals surface area contributed by atoms with Crippen LogP contribution in [0, 0.1) is 51.2 Å². The van der Waals surface area contributed by atoms with Gasteiger partial charge in [0.2, 0.25) is 0 Å².